The first-order chi connectivity index (χ1) is 12.6. The molecule has 1 fully saturated rings. The summed E-state index contributed by atoms with van der Waals surface area (Å²) in [6.07, 6.45) is 1.63. The van der Waals surface area contributed by atoms with Crippen LogP contribution < -0.4 is 0 Å². The fraction of sp³-hybridized carbons (Fsp3) is 0.316. The van der Waals surface area contributed by atoms with Gasteiger partial charge in [-0.15, -0.1) is 0 Å². The first-order valence-electron chi connectivity index (χ1n) is 8.41. The van der Waals surface area contributed by atoms with Crippen LogP contribution in [0.15, 0.2) is 53.4 Å². The maximum Gasteiger partial charge on any atom is 0.501 e. The van der Waals surface area contributed by atoms with E-state index in [-0.39, 0.29) is 17.5 Å². The van der Waals surface area contributed by atoms with Crippen LogP contribution in [0.25, 0.3) is 0 Å². The van der Waals surface area contributed by atoms with Crippen molar-refractivity contribution in [2.75, 3.05) is 6.54 Å². The SMILES string of the molecule is Cc1ccccc1C1CCCN1C(=O)c1ccc(S(=O)(=O)C(F)(F)F)cc1. The van der Waals surface area contributed by atoms with Gasteiger partial charge in [0.15, 0.2) is 0 Å². The van der Waals surface area contributed by atoms with Crippen LogP contribution in [0.2, 0.25) is 0 Å². The van der Waals surface area contributed by atoms with Crippen molar-refractivity contribution in [3.8, 4) is 0 Å². The lowest BCUT2D eigenvalue weighted by Crippen LogP contribution is -2.31. The Morgan fingerprint density at radius 1 is 1.07 bits per heavy atom. The lowest BCUT2D eigenvalue weighted by atomic mass is 9.99. The number of nitrogens with zero attached hydrogens (tertiary/aromatic N) is 1. The minimum Gasteiger partial charge on any atom is -0.332 e. The molecule has 1 amide bonds. The molecule has 1 saturated heterocycles. The predicted molar refractivity (Wildman–Crippen MR) is 93.9 cm³/mol. The summed E-state index contributed by atoms with van der Waals surface area (Å²) in [6.45, 7) is 2.51. The van der Waals surface area contributed by atoms with Crippen molar-refractivity contribution in [3.63, 3.8) is 0 Å². The normalized spacial score (nSPS) is 17.9. The maximum atomic E-state index is 12.9. The number of rotatable bonds is 3. The molecule has 8 heteroatoms. The third-order valence-corrected chi connectivity index (χ3v) is 6.28. The van der Waals surface area contributed by atoms with Gasteiger partial charge < -0.3 is 4.90 Å². The molecule has 1 heterocycles. The molecule has 0 aromatic heterocycles. The second-order valence-electron chi connectivity index (χ2n) is 6.49. The summed E-state index contributed by atoms with van der Waals surface area (Å²) in [4.78, 5) is 13.7. The van der Waals surface area contributed by atoms with Gasteiger partial charge in [0.05, 0.1) is 10.9 Å². The monoisotopic (exact) mass is 397 g/mol. The average Bonchev–Trinajstić information content (AvgIpc) is 3.10. The van der Waals surface area contributed by atoms with Crippen molar-refractivity contribution in [1.82, 2.24) is 4.90 Å². The smallest absolute Gasteiger partial charge is 0.332 e. The van der Waals surface area contributed by atoms with Gasteiger partial charge in [-0.2, -0.15) is 13.2 Å². The second kappa shape index (κ2) is 6.99. The van der Waals surface area contributed by atoms with Crippen LogP contribution in [0.1, 0.15) is 40.4 Å². The second-order valence-corrected chi connectivity index (χ2v) is 8.43. The zero-order valence-electron chi connectivity index (χ0n) is 14.5. The Balaban J connectivity index is 1.87. The van der Waals surface area contributed by atoms with Gasteiger partial charge in [0.2, 0.25) is 0 Å². The van der Waals surface area contributed by atoms with E-state index in [0.717, 1.165) is 48.2 Å². The first kappa shape index (κ1) is 19.4. The number of hydrogen-bond acceptors (Lipinski definition) is 3. The van der Waals surface area contributed by atoms with Gasteiger partial charge in [0, 0.05) is 12.1 Å². The van der Waals surface area contributed by atoms with Crippen molar-refractivity contribution in [3.05, 3.63) is 65.2 Å². The van der Waals surface area contributed by atoms with E-state index in [0.29, 0.717) is 6.54 Å². The highest BCUT2D eigenvalue weighted by Crippen LogP contribution is 2.35. The van der Waals surface area contributed by atoms with Crippen LogP contribution in [-0.2, 0) is 9.84 Å². The number of sulfone groups is 1. The minimum absolute atomic E-state index is 0.0997. The van der Waals surface area contributed by atoms with Gasteiger partial charge in [-0.25, -0.2) is 8.42 Å². The molecule has 0 saturated carbocycles. The van der Waals surface area contributed by atoms with E-state index < -0.39 is 20.2 Å². The molecule has 0 aliphatic carbocycles. The molecular formula is C19H18F3NO3S. The summed E-state index contributed by atoms with van der Waals surface area (Å²) in [6, 6.07) is 11.6. The number of aryl methyl sites for hydroxylation is 1. The largest absolute Gasteiger partial charge is 0.501 e. The molecule has 0 spiro atoms. The topological polar surface area (TPSA) is 54.5 Å². The van der Waals surface area contributed by atoms with E-state index >= 15 is 0 Å². The predicted octanol–water partition coefficient (Wildman–Crippen LogP) is 4.27. The van der Waals surface area contributed by atoms with Gasteiger partial charge >= 0.3 is 5.51 Å². The van der Waals surface area contributed by atoms with Gasteiger partial charge in [-0.3, -0.25) is 4.79 Å². The molecule has 1 aliphatic heterocycles. The summed E-state index contributed by atoms with van der Waals surface area (Å²) in [5.41, 5.74) is -3.10. The Bertz CT molecular complexity index is 953. The van der Waals surface area contributed by atoms with E-state index in [1.165, 1.54) is 0 Å². The van der Waals surface area contributed by atoms with Gasteiger partial charge in [0.1, 0.15) is 0 Å². The summed E-state index contributed by atoms with van der Waals surface area (Å²) >= 11 is 0. The van der Waals surface area contributed by atoms with E-state index in [9.17, 15) is 26.4 Å². The zero-order chi connectivity index (χ0) is 19.8. The first-order valence-corrected chi connectivity index (χ1v) is 9.89. The average molecular weight is 397 g/mol. The quantitative estimate of drug-likeness (QED) is 0.777. The van der Waals surface area contributed by atoms with Gasteiger partial charge in [-0.1, -0.05) is 24.3 Å². The molecule has 3 rings (SSSR count). The molecule has 0 bridgehead atoms. The minimum atomic E-state index is -5.42. The van der Waals surface area contributed by atoms with Crippen molar-refractivity contribution in [2.45, 2.75) is 36.2 Å². The fourth-order valence-corrected chi connectivity index (χ4v) is 4.13. The van der Waals surface area contributed by atoms with Crippen molar-refractivity contribution >= 4 is 15.7 Å². The maximum absolute atomic E-state index is 12.9. The summed E-state index contributed by atoms with van der Waals surface area (Å²) in [5.74, 6) is -0.322. The molecule has 2 aromatic carbocycles. The molecule has 144 valence electrons. The Morgan fingerprint density at radius 2 is 1.70 bits per heavy atom. The lowest BCUT2D eigenvalue weighted by Gasteiger charge is -2.26. The van der Waals surface area contributed by atoms with E-state index in [1.807, 2.05) is 31.2 Å². The summed E-state index contributed by atoms with van der Waals surface area (Å²) < 4.78 is 60.8. The van der Waals surface area contributed by atoms with Crippen LogP contribution in [0, 0.1) is 6.92 Å². The van der Waals surface area contributed by atoms with Crippen molar-refractivity contribution in [2.24, 2.45) is 0 Å². The summed E-state index contributed by atoms with van der Waals surface area (Å²) in [5, 5.41) is 0. The number of carbonyl (C=O) groups is 1. The molecule has 27 heavy (non-hydrogen) atoms. The zero-order valence-corrected chi connectivity index (χ0v) is 15.3. The lowest BCUT2D eigenvalue weighted by molar-refractivity contribution is -0.0436. The fourth-order valence-electron chi connectivity index (χ4n) is 3.37. The third-order valence-electron chi connectivity index (χ3n) is 4.78. The van der Waals surface area contributed by atoms with Crippen molar-refractivity contribution in [1.29, 1.82) is 0 Å². The standard InChI is InChI=1S/C19H18F3NO3S/c1-13-5-2-3-6-16(13)17-7-4-12-23(17)18(24)14-8-10-15(11-9-14)27(25,26)19(20,21)22/h2-3,5-6,8-11,17H,4,7,12H2,1H3. The van der Waals surface area contributed by atoms with Crippen LogP contribution in [-0.4, -0.2) is 31.3 Å². The van der Waals surface area contributed by atoms with Crippen molar-refractivity contribution < 1.29 is 26.4 Å². The molecule has 1 unspecified atom stereocenters. The number of hydrogen-bond donors (Lipinski definition) is 0. The summed E-state index contributed by atoms with van der Waals surface area (Å²) in [7, 11) is -5.42. The van der Waals surface area contributed by atoms with Gasteiger partial charge in [0.25, 0.3) is 15.7 Å². The Hall–Kier alpha value is -2.35. The highest BCUT2D eigenvalue weighted by molar-refractivity contribution is 7.92. The Labute approximate surface area is 155 Å². The van der Waals surface area contributed by atoms with Gasteiger partial charge in [-0.05, 0) is 55.2 Å². The van der Waals surface area contributed by atoms with Crippen LogP contribution in [0.5, 0.6) is 0 Å². The number of alkyl halides is 3. The highest BCUT2D eigenvalue weighted by atomic mass is 32.2. The van der Waals surface area contributed by atoms with E-state index in [2.05, 4.69) is 0 Å². The Morgan fingerprint density at radius 3 is 2.30 bits per heavy atom. The Kier molecular flexibility index (Phi) is 5.03. The van der Waals surface area contributed by atoms with Crippen LogP contribution >= 0.6 is 0 Å². The molecule has 1 atom stereocenters. The third kappa shape index (κ3) is 3.58. The van der Waals surface area contributed by atoms with E-state index in [1.54, 1.807) is 4.90 Å². The number of amides is 1. The molecule has 4 nitrogen and oxygen atoms in total. The number of carbonyl (C=O) groups excluding carboxylic acids is 1. The molecule has 0 N–H and O–H groups in total. The van der Waals surface area contributed by atoms with Crippen LogP contribution in [0.4, 0.5) is 13.2 Å². The molecule has 0 radical (unpaired) electrons. The molecular weight excluding hydrogens is 379 g/mol. The number of halogens is 3. The molecule has 1 aliphatic rings. The van der Waals surface area contributed by atoms with E-state index in [4.69, 9.17) is 0 Å². The molecule has 2 aromatic rings. The van der Waals surface area contributed by atoms with Crippen LogP contribution in [0.3, 0.4) is 0 Å². The highest BCUT2D eigenvalue weighted by Gasteiger charge is 2.46. The number of likely N-dealkylation sites (tertiary alicyclic amines) is 1. The number of benzene rings is 2.